The van der Waals surface area contributed by atoms with E-state index in [1.165, 1.54) is 11.1 Å². The minimum atomic E-state index is 0.154. The van der Waals surface area contributed by atoms with Crippen molar-refractivity contribution in [3.05, 3.63) is 59.7 Å². The van der Waals surface area contributed by atoms with E-state index in [-0.39, 0.29) is 10.8 Å². The van der Waals surface area contributed by atoms with Crippen molar-refractivity contribution in [3.63, 3.8) is 0 Å². The van der Waals surface area contributed by atoms with Crippen LogP contribution < -0.4 is 9.47 Å². The molecule has 0 aliphatic carbocycles. The first-order valence-electron chi connectivity index (χ1n) is 9.09. The van der Waals surface area contributed by atoms with Crippen LogP contribution in [0, 0.1) is 11.8 Å². The molecule has 0 N–H and O–H groups in total. The van der Waals surface area contributed by atoms with Gasteiger partial charge in [0.05, 0.1) is 0 Å². The van der Waals surface area contributed by atoms with Crippen molar-refractivity contribution in [3.8, 4) is 23.3 Å². The molecule has 0 aliphatic heterocycles. The van der Waals surface area contributed by atoms with Gasteiger partial charge in [-0.05, 0) is 46.2 Å². The molecule has 0 bridgehead atoms. The highest BCUT2D eigenvalue weighted by Crippen LogP contribution is 2.25. The summed E-state index contributed by atoms with van der Waals surface area (Å²) in [7, 11) is 0. The average Bonchev–Trinajstić information content (AvgIpc) is 2.57. The molecule has 0 fully saturated rings. The summed E-state index contributed by atoms with van der Waals surface area (Å²) < 4.78 is 11.3. The van der Waals surface area contributed by atoms with Crippen LogP contribution in [0.1, 0.15) is 52.7 Å². The lowest BCUT2D eigenvalue weighted by Crippen LogP contribution is -2.10. The van der Waals surface area contributed by atoms with Crippen LogP contribution in [0.3, 0.4) is 0 Å². The highest BCUT2D eigenvalue weighted by Gasteiger charge is 2.13. The molecule has 0 amide bonds. The molecule has 2 aromatic rings. The highest BCUT2D eigenvalue weighted by molar-refractivity contribution is 5.32. The third kappa shape index (κ3) is 6.15. The van der Waals surface area contributed by atoms with Gasteiger partial charge in [-0.15, -0.1) is 0 Å². The van der Waals surface area contributed by atoms with Crippen molar-refractivity contribution in [1.29, 1.82) is 0 Å². The fourth-order valence-corrected chi connectivity index (χ4v) is 2.44. The quantitative estimate of drug-likeness (QED) is 0.654. The Balaban J connectivity index is 1.75. The van der Waals surface area contributed by atoms with Gasteiger partial charge in [0.25, 0.3) is 0 Å². The maximum atomic E-state index is 5.65. The van der Waals surface area contributed by atoms with E-state index in [1.807, 2.05) is 24.3 Å². The lowest BCUT2D eigenvalue weighted by Gasteiger charge is -2.19. The van der Waals surface area contributed by atoms with E-state index in [4.69, 9.17) is 9.47 Å². The predicted octanol–water partition coefficient (Wildman–Crippen LogP) is 5.74. The Morgan fingerprint density at radius 1 is 0.577 bits per heavy atom. The summed E-state index contributed by atoms with van der Waals surface area (Å²) in [4.78, 5) is 0. The summed E-state index contributed by atoms with van der Waals surface area (Å²) in [6.07, 6.45) is 0. The molecule has 2 rings (SSSR count). The van der Waals surface area contributed by atoms with Crippen molar-refractivity contribution in [2.75, 3.05) is 13.2 Å². The molecule has 0 aliphatic rings. The normalized spacial score (nSPS) is 11.5. The first-order chi connectivity index (χ1) is 12.2. The molecule has 0 unspecified atom stereocenters. The Kier molecular flexibility index (Phi) is 6.37. The topological polar surface area (TPSA) is 18.5 Å². The molecule has 0 aromatic heterocycles. The number of rotatable bonds is 4. The smallest absolute Gasteiger partial charge is 0.149 e. The maximum absolute atomic E-state index is 5.65. The van der Waals surface area contributed by atoms with E-state index in [0.717, 1.165) is 11.5 Å². The van der Waals surface area contributed by atoms with E-state index >= 15 is 0 Å². The van der Waals surface area contributed by atoms with E-state index in [1.54, 1.807) is 0 Å². The summed E-state index contributed by atoms with van der Waals surface area (Å²) >= 11 is 0. The predicted molar refractivity (Wildman–Crippen MR) is 109 cm³/mol. The van der Waals surface area contributed by atoms with Gasteiger partial charge in [0.1, 0.15) is 24.7 Å². The van der Waals surface area contributed by atoms with Gasteiger partial charge in [-0.1, -0.05) is 77.6 Å². The van der Waals surface area contributed by atoms with E-state index in [9.17, 15) is 0 Å². The zero-order valence-electron chi connectivity index (χ0n) is 16.8. The lowest BCUT2D eigenvalue weighted by atomic mass is 9.87. The van der Waals surface area contributed by atoms with Crippen LogP contribution in [-0.2, 0) is 10.8 Å². The van der Waals surface area contributed by atoms with Gasteiger partial charge in [-0.2, -0.15) is 0 Å². The Morgan fingerprint density at radius 2 is 0.885 bits per heavy atom. The molecule has 0 atom stereocenters. The summed E-state index contributed by atoms with van der Waals surface area (Å²) in [6.45, 7) is 13.9. The van der Waals surface area contributed by atoms with Crippen molar-refractivity contribution in [2.24, 2.45) is 0 Å². The van der Waals surface area contributed by atoms with E-state index in [0.29, 0.717) is 13.2 Å². The zero-order valence-corrected chi connectivity index (χ0v) is 16.8. The van der Waals surface area contributed by atoms with E-state index in [2.05, 4.69) is 77.6 Å². The Morgan fingerprint density at radius 3 is 1.15 bits per heavy atom. The van der Waals surface area contributed by atoms with Gasteiger partial charge < -0.3 is 9.47 Å². The minimum Gasteiger partial charge on any atom is -0.481 e. The first-order valence-corrected chi connectivity index (χ1v) is 9.09. The Labute approximate surface area is 158 Å². The van der Waals surface area contributed by atoms with Crippen molar-refractivity contribution >= 4 is 0 Å². The third-order valence-electron chi connectivity index (χ3n) is 4.19. The summed E-state index contributed by atoms with van der Waals surface area (Å²) in [5.74, 6) is 7.65. The standard InChI is InChI=1S/C24H30O2/c1-23(2,3)19-9-13-21(14-10-19)25-17-7-8-18-26-22-15-11-20(12-16-22)24(4,5)6/h9-16H,17-18H2,1-6H3. The van der Waals surface area contributed by atoms with Crippen LogP contribution in [0.4, 0.5) is 0 Å². The highest BCUT2D eigenvalue weighted by atomic mass is 16.5. The molecule has 0 radical (unpaired) electrons. The second-order valence-corrected chi connectivity index (χ2v) is 8.48. The summed E-state index contributed by atoms with van der Waals surface area (Å²) in [5, 5.41) is 0. The first kappa shape index (κ1) is 19.9. The van der Waals surface area contributed by atoms with Gasteiger partial charge in [0.2, 0.25) is 0 Å². The largest absolute Gasteiger partial charge is 0.481 e. The Hall–Kier alpha value is -2.40. The third-order valence-corrected chi connectivity index (χ3v) is 4.19. The summed E-state index contributed by atoms with van der Waals surface area (Å²) in [5.41, 5.74) is 2.89. The van der Waals surface area contributed by atoms with Crippen molar-refractivity contribution in [2.45, 2.75) is 52.4 Å². The number of benzene rings is 2. The SMILES string of the molecule is CC(C)(C)c1ccc(OCC#CCOc2ccc(C(C)(C)C)cc2)cc1. The molecule has 138 valence electrons. The van der Waals surface area contributed by atoms with Gasteiger partial charge >= 0.3 is 0 Å². The molecule has 0 heterocycles. The van der Waals surface area contributed by atoms with Crippen LogP contribution in [0.5, 0.6) is 11.5 Å². The van der Waals surface area contributed by atoms with Gasteiger partial charge in [-0.25, -0.2) is 0 Å². The monoisotopic (exact) mass is 350 g/mol. The second kappa shape index (κ2) is 8.32. The molecule has 0 saturated carbocycles. The van der Waals surface area contributed by atoms with Crippen LogP contribution in [0.25, 0.3) is 0 Å². The average molecular weight is 351 g/mol. The number of hydrogen-bond donors (Lipinski definition) is 0. The van der Waals surface area contributed by atoms with Gasteiger partial charge in [0, 0.05) is 0 Å². The Bertz CT molecular complexity index is 680. The van der Waals surface area contributed by atoms with Crippen LogP contribution in [0.2, 0.25) is 0 Å². The minimum absolute atomic E-state index is 0.154. The molecule has 0 spiro atoms. The number of hydrogen-bond acceptors (Lipinski definition) is 2. The molecular weight excluding hydrogens is 320 g/mol. The van der Waals surface area contributed by atoms with Crippen LogP contribution >= 0.6 is 0 Å². The van der Waals surface area contributed by atoms with E-state index < -0.39 is 0 Å². The fraction of sp³-hybridized carbons (Fsp3) is 0.417. The van der Waals surface area contributed by atoms with Crippen LogP contribution in [-0.4, -0.2) is 13.2 Å². The van der Waals surface area contributed by atoms with Crippen LogP contribution in [0.15, 0.2) is 48.5 Å². The molecular formula is C24H30O2. The molecule has 26 heavy (non-hydrogen) atoms. The molecule has 2 aromatic carbocycles. The van der Waals surface area contributed by atoms with Crippen molar-refractivity contribution < 1.29 is 9.47 Å². The van der Waals surface area contributed by atoms with Gasteiger partial charge in [0.15, 0.2) is 0 Å². The molecule has 0 saturated heterocycles. The zero-order chi connectivity index (χ0) is 19.2. The fourth-order valence-electron chi connectivity index (χ4n) is 2.44. The van der Waals surface area contributed by atoms with Crippen molar-refractivity contribution in [1.82, 2.24) is 0 Å². The lowest BCUT2D eigenvalue weighted by molar-refractivity contribution is 0.362. The van der Waals surface area contributed by atoms with Gasteiger partial charge in [-0.3, -0.25) is 0 Å². The summed E-state index contributed by atoms with van der Waals surface area (Å²) in [6, 6.07) is 16.4. The molecule has 2 nitrogen and oxygen atoms in total. The molecule has 2 heteroatoms. The maximum Gasteiger partial charge on any atom is 0.149 e. The number of ether oxygens (including phenoxy) is 2. The second-order valence-electron chi connectivity index (χ2n) is 8.48.